The standard InChI is InChI=1S/C11H15N/c1-9(2)12-10(3)11-7-5-4-6-8-11/h1,4-10,12H,2-3H3/t9?,10-/m1/s1. The predicted molar refractivity (Wildman–Crippen MR) is 51.8 cm³/mol. The highest BCUT2D eigenvalue weighted by Gasteiger charge is 2.04. The lowest BCUT2D eigenvalue weighted by molar-refractivity contribution is 0.534. The molecule has 0 aliphatic heterocycles. The molecule has 0 heterocycles. The molecule has 1 heteroatoms. The van der Waals surface area contributed by atoms with Crippen LogP contribution < -0.4 is 5.32 Å². The van der Waals surface area contributed by atoms with E-state index in [4.69, 9.17) is 6.92 Å². The molecule has 0 saturated heterocycles. The number of benzene rings is 1. The van der Waals surface area contributed by atoms with E-state index in [2.05, 4.69) is 24.4 Å². The molecule has 1 aromatic carbocycles. The first kappa shape index (κ1) is 9.27. The van der Waals surface area contributed by atoms with Crippen molar-refractivity contribution in [1.82, 2.24) is 5.32 Å². The van der Waals surface area contributed by atoms with E-state index in [0.717, 1.165) is 0 Å². The van der Waals surface area contributed by atoms with Crippen molar-refractivity contribution in [3.05, 3.63) is 42.8 Å². The second-order valence-corrected chi connectivity index (χ2v) is 3.09. The van der Waals surface area contributed by atoms with Gasteiger partial charge in [-0.2, -0.15) is 0 Å². The third-order valence-corrected chi connectivity index (χ3v) is 1.81. The molecule has 0 bridgehead atoms. The number of rotatable bonds is 3. The average molecular weight is 161 g/mol. The summed E-state index contributed by atoms with van der Waals surface area (Å²) in [4.78, 5) is 0. The minimum Gasteiger partial charge on any atom is -0.307 e. The van der Waals surface area contributed by atoms with Gasteiger partial charge in [-0.15, -0.1) is 0 Å². The third-order valence-electron chi connectivity index (χ3n) is 1.81. The van der Waals surface area contributed by atoms with Crippen LogP contribution in [0.3, 0.4) is 0 Å². The van der Waals surface area contributed by atoms with Crippen LogP contribution in [0.25, 0.3) is 0 Å². The van der Waals surface area contributed by atoms with E-state index < -0.39 is 0 Å². The maximum Gasteiger partial charge on any atom is 0.0294 e. The van der Waals surface area contributed by atoms with Gasteiger partial charge in [-0.25, -0.2) is 0 Å². The summed E-state index contributed by atoms with van der Waals surface area (Å²) in [6.45, 7) is 9.67. The molecule has 12 heavy (non-hydrogen) atoms. The summed E-state index contributed by atoms with van der Waals surface area (Å²) in [6.07, 6.45) is 0. The Morgan fingerprint density at radius 3 is 2.25 bits per heavy atom. The van der Waals surface area contributed by atoms with Gasteiger partial charge in [0.15, 0.2) is 0 Å². The van der Waals surface area contributed by atoms with Gasteiger partial charge < -0.3 is 5.32 Å². The van der Waals surface area contributed by atoms with E-state index >= 15 is 0 Å². The number of hydrogen-bond donors (Lipinski definition) is 1. The largest absolute Gasteiger partial charge is 0.307 e. The fraction of sp³-hybridized carbons (Fsp3) is 0.364. The monoisotopic (exact) mass is 161 g/mol. The molecule has 1 rings (SSSR count). The highest BCUT2D eigenvalue weighted by atomic mass is 14.9. The SMILES string of the molecule is [CH]C(C)N[C@H](C)c1ccccc1. The lowest BCUT2D eigenvalue weighted by Crippen LogP contribution is -2.26. The summed E-state index contributed by atoms with van der Waals surface area (Å²) in [6, 6.07) is 10.7. The molecule has 0 aromatic heterocycles. The molecule has 0 aliphatic rings. The number of hydrogen-bond acceptors (Lipinski definition) is 1. The van der Waals surface area contributed by atoms with E-state index in [0.29, 0.717) is 6.04 Å². The van der Waals surface area contributed by atoms with Gasteiger partial charge in [0, 0.05) is 12.1 Å². The molecule has 0 aliphatic carbocycles. The normalized spacial score (nSPS) is 13.3. The van der Waals surface area contributed by atoms with Crippen molar-refractivity contribution in [1.29, 1.82) is 0 Å². The fourth-order valence-electron chi connectivity index (χ4n) is 1.23. The Bertz CT molecular complexity index is 216. The van der Waals surface area contributed by atoms with Gasteiger partial charge in [-0.1, -0.05) is 30.3 Å². The van der Waals surface area contributed by atoms with Crippen LogP contribution in [0.2, 0.25) is 0 Å². The third kappa shape index (κ3) is 2.67. The van der Waals surface area contributed by atoms with Crippen LogP contribution >= 0.6 is 0 Å². The number of nitrogens with one attached hydrogen (secondary N) is 1. The zero-order valence-electron chi connectivity index (χ0n) is 7.62. The predicted octanol–water partition coefficient (Wildman–Crippen LogP) is 2.44. The van der Waals surface area contributed by atoms with Crippen LogP contribution in [0.15, 0.2) is 30.3 Å². The Balaban J connectivity index is 2.59. The molecule has 1 unspecified atom stereocenters. The average Bonchev–Trinajstić information content (AvgIpc) is 2.05. The summed E-state index contributed by atoms with van der Waals surface area (Å²) in [5.41, 5.74) is 1.27. The zero-order valence-corrected chi connectivity index (χ0v) is 7.62. The first-order valence-electron chi connectivity index (χ1n) is 4.26. The van der Waals surface area contributed by atoms with Gasteiger partial charge in [-0.05, 0) is 26.3 Å². The molecule has 0 saturated carbocycles. The Hall–Kier alpha value is -0.820. The maximum atomic E-state index is 5.62. The lowest BCUT2D eigenvalue weighted by Gasteiger charge is -2.16. The van der Waals surface area contributed by atoms with Crippen LogP contribution in [-0.4, -0.2) is 6.04 Å². The molecular weight excluding hydrogens is 146 g/mol. The van der Waals surface area contributed by atoms with Crippen molar-refractivity contribution >= 4 is 0 Å². The molecule has 0 spiro atoms. The van der Waals surface area contributed by atoms with E-state index in [1.165, 1.54) is 5.56 Å². The molecule has 1 aromatic rings. The molecule has 2 radical (unpaired) electrons. The highest BCUT2D eigenvalue weighted by Crippen LogP contribution is 2.11. The fourth-order valence-corrected chi connectivity index (χ4v) is 1.23. The van der Waals surface area contributed by atoms with Crippen molar-refractivity contribution in [2.24, 2.45) is 0 Å². The Labute approximate surface area is 74.8 Å². The summed E-state index contributed by atoms with van der Waals surface area (Å²) >= 11 is 0. The lowest BCUT2D eigenvalue weighted by atomic mass is 10.1. The Kier molecular flexibility index (Phi) is 3.30. The van der Waals surface area contributed by atoms with Crippen molar-refractivity contribution in [3.8, 4) is 0 Å². The smallest absolute Gasteiger partial charge is 0.0294 e. The minimum atomic E-state index is 0.0419. The molecule has 0 fully saturated rings. The maximum absolute atomic E-state index is 5.62. The molecular formula is C11H15N. The van der Waals surface area contributed by atoms with Crippen LogP contribution in [0.5, 0.6) is 0 Å². The first-order chi connectivity index (χ1) is 5.70. The van der Waals surface area contributed by atoms with Crippen molar-refractivity contribution in [2.75, 3.05) is 0 Å². The quantitative estimate of drug-likeness (QED) is 0.718. The summed E-state index contributed by atoms with van der Waals surface area (Å²) in [5, 5.41) is 3.24. The van der Waals surface area contributed by atoms with Gasteiger partial charge in [-0.3, -0.25) is 0 Å². The van der Waals surface area contributed by atoms with Gasteiger partial charge >= 0.3 is 0 Å². The topological polar surface area (TPSA) is 12.0 Å². The Morgan fingerprint density at radius 1 is 1.17 bits per heavy atom. The van der Waals surface area contributed by atoms with Crippen molar-refractivity contribution in [2.45, 2.75) is 25.9 Å². The second-order valence-electron chi connectivity index (χ2n) is 3.09. The van der Waals surface area contributed by atoms with Gasteiger partial charge in [0.2, 0.25) is 0 Å². The van der Waals surface area contributed by atoms with E-state index in [1.807, 2.05) is 25.1 Å². The molecule has 1 N–H and O–H groups in total. The van der Waals surface area contributed by atoms with Gasteiger partial charge in [0.05, 0.1) is 0 Å². The van der Waals surface area contributed by atoms with Crippen molar-refractivity contribution in [3.63, 3.8) is 0 Å². The summed E-state index contributed by atoms with van der Waals surface area (Å²) < 4.78 is 0. The van der Waals surface area contributed by atoms with Gasteiger partial charge in [0.25, 0.3) is 0 Å². The van der Waals surface area contributed by atoms with E-state index in [-0.39, 0.29) is 6.04 Å². The highest BCUT2D eigenvalue weighted by molar-refractivity contribution is 5.18. The van der Waals surface area contributed by atoms with Crippen LogP contribution in [0.1, 0.15) is 25.5 Å². The van der Waals surface area contributed by atoms with E-state index in [1.54, 1.807) is 0 Å². The van der Waals surface area contributed by atoms with Crippen LogP contribution in [-0.2, 0) is 0 Å². The second kappa shape index (κ2) is 4.27. The van der Waals surface area contributed by atoms with Crippen LogP contribution in [0, 0.1) is 6.92 Å². The first-order valence-corrected chi connectivity index (χ1v) is 4.26. The molecule has 0 amide bonds. The molecule has 2 atom stereocenters. The van der Waals surface area contributed by atoms with Gasteiger partial charge in [0.1, 0.15) is 0 Å². The molecule has 1 nitrogen and oxygen atoms in total. The van der Waals surface area contributed by atoms with Crippen LogP contribution in [0.4, 0.5) is 0 Å². The summed E-state index contributed by atoms with van der Waals surface area (Å²) in [5.74, 6) is 0. The van der Waals surface area contributed by atoms with Crippen molar-refractivity contribution < 1.29 is 0 Å². The summed E-state index contributed by atoms with van der Waals surface area (Å²) in [7, 11) is 0. The minimum absolute atomic E-state index is 0.0419. The molecule has 64 valence electrons. The van der Waals surface area contributed by atoms with E-state index in [9.17, 15) is 0 Å². The zero-order chi connectivity index (χ0) is 8.97. The Morgan fingerprint density at radius 2 is 1.75 bits per heavy atom.